The molecule has 1 atom stereocenters. The molecule has 0 aliphatic heterocycles. The lowest BCUT2D eigenvalue weighted by molar-refractivity contribution is -0.116. The van der Waals surface area contributed by atoms with Crippen LogP contribution in [0.5, 0.6) is 0 Å². The lowest BCUT2D eigenvalue weighted by atomic mass is 10.1. The molecular weight excluding hydrogens is 218 g/mol. The number of carbonyl (C=O) groups excluding carboxylic acids is 1. The molecule has 0 fully saturated rings. The number of hydrogen-bond acceptors (Lipinski definition) is 3. The molecule has 0 radical (unpaired) electrons. The molecule has 1 amide bonds. The van der Waals surface area contributed by atoms with Gasteiger partial charge < -0.3 is 14.8 Å². The van der Waals surface area contributed by atoms with E-state index in [0.29, 0.717) is 18.1 Å². The van der Waals surface area contributed by atoms with E-state index in [9.17, 15) is 9.90 Å². The molecule has 2 N–H and O–H groups in total. The molecule has 4 nitrogen and oxygen atoms in total. The molecule has 1 aromatic rings. The predicted octanol–water partition coefficient (Wildman–Crippen LogP) is 1.82. The maximum Gasteiger partial charge on any atom is 0.244 e. The number of rotatable bonds is 6. The fraction of sp³-hybridized carbons (Fsp3) is 0.462. The third kappa shape index (κ3) is 5.92. The van der Waals surface area contributed by atoms with Crippen molar-refractivity contribution in [1.82, 2.24) is 5.32 Å². The number of amides is 1. The molecule has 4 heteroatoms. The summed E-state index contributed by atoms with van der Waals surface area (Å²) < 4.78 is 5.05. The topological polar surface area (TPSA) is 62.5 Å². The normalized spacial score (nSPS) is 13.2. The zero-order valence-electron chi connectivity index (χ0n) is 10.2. The standard InChI is InChI=1S/C13H19NO3/c1-10(2)8-11(15)9-14-13(16)6-5-12-4-3-7-17-12/h3-7,10-11,15H,8-9H2,1-2H3,(H,14,16)/b6-5+. The van der Waals surface area contributed by atoms with Crippen molar-refractivity contribution in [1.29, 1.82) is 0 Å². The predicted molar refractivity (Wildman–Crippen MR) is 66.2 cm³/mol. The largest absolute Gasteiger partial charge is 0.465 e. The van der Waals surface area contributed by atoms with Crippen LogP contribution in [0.15, 0.2) is 28.9 Å². The molecule has 0 bridgehead atoms. The Morgan fingerprint density at radius 2 is 2.35 bits per heavy atom. The second-order valence-electron chi connectivity index (χ2n) is 4.38. The summed E-state index contributed by atoms with van der Waals surface area (Å²) in [5, 5.41) is 12.2. The van der Waals surface area contributed by atoms with Crippen molar-refractivity contribution in [2.24, 2.45) is 5.92 Å². The maximum absolute atomic E-state index is 11.4. The van der Waals surface area contributed by atoms with Crippen LogP contribution in [0, 0.1) is 5.92 Å². The van der Waals surface area contributed by atoms with Gasteiger partial charge in [-0.15, -0.1) is 0 Å². The van der Waals surface area contributed by atoms with Gasteiger partial charge in [0.15, 0.2) is 0 Å². The van der Waals surface area contributed by atoms with Gasteiger partial charge in [0, 0.05) is 12.6 Å². The van der Waals surface area contributed by atoms with Crippen molar-refractivity contribution >= 4 is 12.0 Å². The fourth-order valence-corrected chi connectivity index (χ4v) is 1.45. The highest BCUT2D eigenvalue weighted by Gasteiger charge is 2.07. The van der Waals surface area contributed by atoms with Gasteiger partial charge in [-0.3, -0.25) is 4.79 Å². The minimum Gasteiger partial charge on any atom is -0.465 e. The summed E-state index contributed by atoms with van der Waals surface area (Å²) in [5.74, 6) is 0.813. The van der Waals surface area contributed by atoms with Crippen LogP contribution >= 0.6 is 0 Å². The highest BCUT2D eigenvalue weighted by atomic mass is 16.3. The number of carbonyl (C=O) groups is 1. The first-order valence-corrected chi connectivity index (χ1v) is 5.75. The van der Waals surface area contributed by atoms with Crippen LogP contribution in [-0.4, -0.2) is 23.7 Å². The van der Waals surface area contributed by atoms with E-state index < -0.39 is 6.10 Å². The Hall–Kier alpha value is -1.55. The van der Waals surface area contributed by atoms with Crippen LogP contribution in [0.4, 0.5) is 0 Å². The first kappa shape index (κ1) is 13.5. The molecule has 1 unspecified atom stereocenters. The molecule has 0 aliphatic rings. The van der Waals surface area contributed by atoms with Gasteiger partial charge >= 0.3 is 0 Å². The average Bonchev–Trinajstić information content (AvgIpc) is 2.75. The van der Waals surface area contributed by atoms with Crippen LogP contribution < -0.4 is 5.32 Å². The van der Waals surface area contributed by atoms with E-state index in [0.717, 1.165) is 0 Å². The number of nitrogens with one attached hydrogen (secondary N) is 1. The molecule has 1 aromatic heterocycles. The summed E-state index contributed by atoms with van der Waals surface area (Å²) in [5.41, 5.74) is 0. The number of aliphatic hydroxyl groups is 1. The molecule has 0 aromatic carbocycles. The minimum absolute atomic E-state index is 0.232. The maximum atomic E-state index is 11.4. The van der Waals surface area contributed by atoms with Crippen molar-refractivity contribution in [2.75, 3.05) is 6.54 Å². The Morgan fingerprint density at radius 1 is 1.59 bits per heavy atom. The second-order valence-corrected chi connectivity index (χ2v) is 4.38. The Bertz CT molecular complexity index is 355. The zero-order valence-corrected chi connectivity index (χ0v) is 10.2. The van der Waals surface area contributed by atoms with Crippen LogP contribution in [0.25, 0.3) is 6.08 Å². The number of aliphatic hydroxyl groups excluding tert-OH is 1. The first-order chi connectivity index (χ1) is 8.08. The van der Waals surface area contributed by atoms with E-state index in [1.54, 1.807) is 24.5 Å². The zero-order chi connectivity index (χ0) is 12.7. The molecule has 17 heavy (non-hydrogen) atoms. The molecule has 0 saturated heterocycles. The van der Waals surface area contributed by atoms with E-state index in [4.69, 9.17) is 4.42 Å². The van der Waals surface area contributed by atoms with Gasteiger partial charge in [-0.1, -0.05) is 13.8 Å². The summed E-state index contributed by atoms with van der Waals surface area (Å²) >= 11 is 0. The van der Waals surface area contributed by atoms with E-state index >= 15 is 0 Å². The van der Waals surface area contributed by atoms with Crippen LogP contribution in [-0.2, 0) is 4.79 Å². The average molecular weight is 237 g/mol. The van der Waals surface area contributed by atoms with Gasteiger partial charge in [0.2, 0.25) is 5.91 Å². The van der Waals surface area contributed by atoms with Gasteiger partial charge in [0.05, 0.1) is 12.4 Å². The fourth-order valence-electron chi connectivity index (χ4n) is 1.45. The lowest BCUT2D eigenvalue weighted by Gasteiger charge is -2.12. The van der Waals surface area contributed by atoms with Crippen molar-refractivity contribution in [3.05, 3.63) is 30.2 Å². The van der Waals surface area contributed by atoms with Crippen molar-refractivity contribution in [2.45, 2.75) is 26.4 Å². The first-order valence-electron chi connectivity index (χ1n) is 5.75. The third-order valence-electron chi connectivity index (χ3n) is 2.20. The van der Waals surface area contributed by atoms with Crippen LogP contribution in [0.3, 0.4) is 0 Å². The molecule has 0 aliphatic carbocycles. The number of hydrogen-bond donors (Lipinski definition) is 2. The smallest absolute Gasteiger partial charge is 0.244 e. The molecular formula is C13H19NO3. The highest BCUT2D eigenvalue weighted by Crippen LogP contribution is 2.04. The van der Waals surface area contributed by atoms with Gasteiger partial charge in [0.1, 0.15) is 5.76 Å². The Morgan fingerprint density at radius 3 is 2.94 bits per heavy atom. The summed E-state index contributed by atoms with van der Waals surface area (Å²) in [6, 6.07) is 3.52. The van der Waals surface area contributed by atoms with Crippen LogP contribution in [0.1, 0.15) is 26.0 Å². The summed E-state index contributed by atoms with van der Waals surface area (Å²) in [7, 11) is 0. The van der Waals surface area contributed by atoms with Crippen molar-refractivity contribution in [3.63, 3.8) is 0 Å². The molecule has 1 rings (SSSR count). The molecule has 94 valence electrons. The van der Waals surface area contributed by atoms with E-state index in [1.807, 2.05) is 13.8 Å². The third-order valence-corrected chi connectivity index (χ3v) is 2.20. The Labute approximate surface area is 101 Å². The SMILES string of the molecule is CC(C)CC(O)CNC(=O)/C=C/c1ccco1. The molecule has 0 spiro atoms. The Kier molecular flexibility index (Phi) is 5.49. The van der Waals surface area contributed by atoms with Gasteiger partial charge in [-0.2, -0.15) is 0 Å². The minimum atomic E-state index is -0.490. The van der Waals surface area contributed by atoms with Crippen LogP contribution in [0.2, 0.25) is 0 Å². The molecule has 1 heterocycles. The number of furan rings is 1. The molecule has 0 saturated carbocycles. The van der Waals surface area contributed by atoms with Crippen molar-refractivity contribution in [3.8, 4) is 0 Å². The van der Waals surface area contributed by atoms with Gasteiger partial charge in [-0.25, -0.2) is 0 Å². The summed E-state index contributed by atoms with van der Waals surface area (Å²) in [4.78, 5) is 11.4. The van der Waals surface area contributed by atoms with E-state index in [-0.39, 0.29) is 12.5 Å². The summed E-state index contributed by atoms with van der Waals surface area (Å²) in [6.07, 6.45) is 4.72. The summed E-state index contributed by atoms with van der Waals surface area (Å²) in [6.45, 7) is 4.34. The lowest BCUT2D eigenvalue weighted by Crippen LogP contribution is -2.31. The van der Waals surface area contributed by atoms with E-state index in [2.05, 4.69) is 5.32 Å². The van der Waals surface area contributed by atoms with E-state index in [1.165, 1.54) is 6.08 Å². The van der Waals surface area contributed by atoms with Crippen molar-refractivity contribution < 1.29 is 14.3 Å². The quantitative estimate of drug-likeness (QED) is 0.742. The Balaban J connectivity index is 2.26. The van der Waals surface area contributed by atoms with Gasteiger partial charge in [-0.05, 0) is 30.5 Å². The van der Waals surface area contributed by atoms with Gasteiger partial charge in [0.25, 0.3) is 0 Å². The monoisotopic (exact) mass is 237 g/mol. The highest BCUT2D eigenvalue weighted by molar-refractivity contribution is 5.91. The second kappa shape index (κ2) is 6.91.